The van der Waals surface area contributed by atoms with Gasteiger partial charge in [0.25, 0.3) is 5.91 Å². The number of hydrogen-bond donors (Lipinski definition) is 2. The van der Waals surface area contributed by atoms with Gasteiger partial charge in [0.1, 0.15) is 5.75 Å². The molecule has 0 radical (unpaired) electrons. The molecule has 0 aliphatic heterocycles. The monoisotopic (exact) mass is 276 g/mol. The van der Waals surface area contributed by atoms with Gasteiger partial charge in [-0.3, -0.25) is 4.79 Å². The van der Waals surface area contributed by atoms with Crippen molar-refractivity contribution in [2.75, 3.05) is 18.2 Å². The van der Waals surface area contributed by atoms with Crippen LogP contribution in [0.1, 0.15) is 22.2 Å². The van der Waals surface area contributed by atoms with Gasteiger partial charge in [-0.1, -0.05) is 6.92 Å². The van der Waals surface area contributed by atoms with Gasteiger partial charge in [-0.25, -0.2) is 0 Å². The SMILES string of the molecule is CCc1ccsc1C(=O)Nc1ccc(N)cc1OC. The number of hydrogen-bond acceptors (Lipinski definition) is 4. The molecule has 1 amide bonds. The lowest BCUT2D eigenvalue weighted by atomic mass is 10.2. The Hall–Kier alpha value is -2.01. The number of carbonyl (C=O) groups is 1. The number of benzene rings is 1. The van der Waals surface area contributed by atoms with Crippen LogP contribution in [0.5, 0.6) is 5.75 Å². The first kappa shape index (κ1) is 13.4. The van der Waals surface area contributed by atoms with Gasteiger partial charge < -0.3 is 15.8 Å². The number of aryl methyl sites for hydroxylation is 1. The molecule has 5 heteroatoms. The Morgan fingerprint density at radius 1 is 1.42 bits per heavy atom. The van der Waals surface area contributed by atoms with Crippen LogP contribution in [0.2, 0.25) is 0 Å². The third-order valence-electron chi connectivity index (χ3n) is 2.81. The van der Waals surface area contributed by atoms with Crippen molar-refractivity contribution in [2.45, 2.75) is 13.3 Å². The zero-order valence-corrected chi connectivity index (χ0v) is 11.7. The maximum Gasteiger partial charge on any atom is 0.266 e. The van der Waals surface area contributed by atoms with E-state index in [1.54, 1.807) is 25.3 Å². The molecule has 0 saturated carbocycles. The molecule has 19 heavy (non-hydrogen) atoms. The first-order valence-electron chi connectivity index (χ1n) is 5.97. The zero-order valence-electron chi connectivity index (χ0n) is 10.9. The van der Waals surface area contributed by atoms with Gasteiger partial charge in [-0.05, 0) is 35.6 Å². The van der Waals surface area contributed by atoms with E-state index in [2.05, 4.69) is 5.32 Å². The van der Waals surface area contributed by atoms with Crippen molar-refractivity contribution in [2.24, 2.45) is 0 Å². The molecule has 0 unspecified atom stereocenters. The van der Waals surface area contributed by atoms with Crippen LogP contribution in [0.4, 0.5) is 11.4 Å². The molecule has 1 aromatic carbocycles. The molecule has 0 bridgehead atoms. The minimum atomic E-state index is -0.116. The number of methoxy groups -OCH3 is 1. The van der Waals surface area contributed by atoms with E-state index in [1.165, 1.54) is 11.3 Å². The first-order chi connectivity index (χ1) is 9.15. The number of anilines is 2. The number of thiophene rings is 1. The fraction of sp³-hybridized carbons (Fsp3) is 0.214. The maximum absolute atomic E-state index is 12.2. The van der Waals surface area contributed by atoms with Crippen LogP contribution in [0.3, 0.4) is 0 Å². The lowest BCUT2D eigenvalue weighted by Gasteiger charge is -2.10. The normalized spacial score (nSPS) is 10.2. The Morgan fingerprint density at radius 2 is 2.21 bits per heavy atom. The molecular formula is C14H16N2O2S. The van der Waals surface area contributed by atoms with Gasteiger partial charge in [0, 0.05) is 11.8 Å². The van der Waals surface area contributed by atoms with E-state index in [0.29, 0.717) is 17.1 Å². The Morgan fingerprint density at radius 3 is 2.89 bits per heavy atom. The zero-order chi connectivity index (χ0) is 13.8. The highest BCUT2D eigenvalue weighted by atomic mass is 32.1. The summed E-state index contributed by atoms with van der Waals surface area (Å²) in [6, 6.07) is 7.13. The quantitative estimate of drug-likeness (QED) is 0.843. The standard InChI is InChI=1S/C14H16N2O2S/c1-3-9-6-7-19-13(9)14(17)16-11-5-4-10(15)8-12(11)18-2/h4-8H,3,15H2,1-2H3,(H,16,17). The van der Waals surface area contributed by atoms with Gasteiger partial charge in [-0.2, -0.15) is 0 Å². The summed E-state index contributed by atoms with van der Waals surface area (Å²) in [7, 11) is 1.55. The second kappa shape index (κ2) is 5.75. The molecular weight excluding hydrogens is 260 g/mol. The molecule has 0 saturated heterocycles. The number of ether oxygens (including phenoxy) is 1. The maximum atomic E-state index is 12.2. The molecule has 0 aliphatic carbocycles. The smallest absolute Gasteiger partial charge is 0.266 e. The van der Waals surface area contributed by atoms with E-state index in [9.17, 15) is 4.79 Å². The Labute approximate surface area is 116 Å². The van der Waals surface area contributed by atoms with Crippen molar-refractivity contribution in [1.29, 1.82) is 0 Å². The number of carbonyl (C=O) groups excluding carboxylic acids is 1. The van der Waals surface area contributed by atoms with Crippen molar-refractivity contribution in [1.82, 2.24) is 0 Å². The Bertz CT molecular complexity index is 593. The summed E-state index contributed by atoms with van der Waals surface area (Å²) in [4.78, 5) is 13.0. The minimum Gasteiger partial charge on any atom is -0.494 e. The Kier molecular flexibility index (Phi) is 4.06. The van der Waals surface area contributed by atoms with Crippen molar-refractivity contribution in [3.8, 4) is 5.75 Å². The molecule has 3 N–H and O–H groups in total. The fourth-order valence-electron chi connectivity index (χ4n) is 1.80. The van der Waals surface area contributed by atoms with Crippen LogP contribution >= 0.6 is 11.3 Å². The van der Waals surface area contributed by atoms with Gasteiger partial charge in [0.15, 0.2) is 0 Å². The molecule has 2 aromatic rings. The highest BCUT2D eigenvalue weighted by molar-refractivity contribution is 7.12. The molecule has 2 rings (SSSR count). The second-order valence-electron chi connectivity index (χ2n) is 4.04. The number of nitrogen functional groups attached to an aromatic ring is 1. The van der Waals surface area contributed by atoms with E-state index in [0.717, 1.165) is 16.9 Å². The van der Waals surface area contributed by atoms with Crippen LogP contribution in [-0.4, -0.2) is 13.0 Å². The highest BCUT2D eigenvalue weighted by Gasteiger charge is 2.14. The van der Waals surface area contributed by atoms with Gasteiger partial charge in [0.05, 0.1) is 17.7 Å². The second-order valence-corrected chi connectivity index (χ2v) is 4.96. The predicted octanol–water partition coefficient (Wildman–Crippen LogP) is 3.15. The summed E-state index contributed by atoms with van der Waals surface area (Å²) in [6.45, 7) is 2.03. The van der Waals surface area contributed by atoms with E-state index < -0.39 is 0 Å². The van der Waals surface area contributed by atoms with E-state index >= 15 is 0 Å². The van der Waals surface area contributed by atoms with Crippen LogP contribution in [0, 0.1) is 0 Å². The molecule has 0 spiro atoms. The highest BCUT2D eigenvalue weighted by Crippen LogP contribution is 2.28. The van der Waals surface area contributed by atoms with E-state index in [1.807, 2.05) is 18.4 Å². The summed E-state index contributed by atoms with van der Waals surface area (Å²) in [6.07, 6.45) is 0.838. The number of rotatable bonds is 4. The summed E-state index contributed by atoms with van der Waals surface area (Å²) in [5, 5.41) is 4.78. The molecule has 0 atom stereocenters. The summed E-state index contributed by atoms with van der Waals surface area (Å²) < 4.78 is 5.21. The third kappa shape index (κ3) is 2.88. The van der Waals surface area contributed by atoms with Crippen molar-refractivity contribution < 1.29 is 9.53 Å². The predicted molar refractivity (Wildman–Crippen MR) is 79.1 cm³/mol. The summed E-state index contributed by atoms with van der Waals surface area (Å²) >= 11 is 1.44. The summed E-state index contributed by atoms with van der Waals surface area (Å²) in [5.41, 5.74) is 7.96. The molecule has 4 nitrogen and oxygen atoms in total. The summed E-state index contributed by atoms with van der Waals surface area (Å²) in [5.74, 6) is 0.442. The largest absolute Gasteiger partial charge is 0.494 e. The van der Waals surface area contributed by atoms with Crippen LogP contribution in [0.15, 0.2) is 29.6 Å². The number of nitrogens with one attached hydrogen (secondary N) is 1. The minimum absolute atomic E-state index is 0.116. The Balaban J connectivity index is 2.24. The molecule has 0 fully saturated rings. The number of amides is 1. The van der Waals surface area contributed by atoms with Crippen molar-refractivity contribution in [3.05, 3.63) is 40.1 Å². The molecule has 1 heterocycles. The van der Waals surface area contributed by atoms with Crippen LogP contribution < -0.4 is 15.8 Å². The average molecular weight is 276 g/mol. The van der Waals surface area contributed by atoms with Crippen molar-refractivity contribution in [3.63, 3.8) is 0 Å². The molecule has 1 aromatic heterocycles. The third-order valence-corrected chi connectivity index (χ3v) is 3.76. The molecule has 100 valence electrons. The van der Waals surface area contributed by atoms with E-state index in [-0.39, 0.29) is 5.91 Å². The fourth-order valence-corrected chi connectivity index (χ4v) is 2.69. The molecule has 0 aliphatic rings. The van der Waals surface area contributed by atoms with Gasteiger partial charge in [0.2, 0.25) is 0 Å². The average Bonchev–Trinajstić information content (AvgIpc) is 2.89. The first-order valence-corrected chi connectivity index (χ1v) is 6.85. The number of nitrogens with two attached hydrogens (primary N) is 1. The van der Waals surface area contributed by atoms with Crippen LogP contribution in [0.25, 0.3) is 0 Å². The lowest BCUT2D eigenvalue weighted by molar-refractivity contribution is 0.102. The lowest BCUT2D eigenvalue weighted by Crippen LogP contribution is -2.12. The van der Waals surface area contributed by atoms with Gasteiger partial charge in [-0.15, -0.1) is 11.3 Å². The van der Waals surface area contributed by atoms with E-state index in [4.69, 9.17) is 10.5 Å². The van der Waals surface area contributed by atoms with Crippen molar-refractivity contribution >= 4 is 28.6 Å². The van der Waals surface area contributed by atoms with Gasteiger partial charge >= 0.3 is 0 Å². The van der Waals surface area contributed by atoms with Crippen LogP contribution in [-0.2, 0) is 6.42 Å². The topological polar surface area (TPSA) is 64.4 Å².